The van der Waals surface area contributed by atoms with Crippen LogP contribution in [0.5, 0.6) is 5.75 Å². The third kappa shape index (κ3) is 4.02. The van der Waals surface area contributed by atoms with Gasteiger partial charge in [-0.05, 0) is 37.3 Å². The van der Waals surface area contributed by atoms with Gasteiger partial charge in [0, 0.05) is 12.6 Å². The van der Waals surface area contributed by atoms with Crippen molar-refractivity contribution >= 4 is 0 Å². The average molecular weight is 235 g/mol. The molecule has 1 aromatic rings. The molecule has 0 radical (unpaired) electrons. The zero-order valence-corrected chi connectivity index (χ0v) is 10.2. The second-order valence-corrected chi connectivity index (χ2v) is 4.59. The van der Waals surface area contributed by atoms with Crippen molar-refractivity contribution in [3.8, 4) is 5.75 Å². The van der Waals surface area contributed by atoms with E-state index < -0.39 is 0 Å². The number of para-hydroxylation sites is 1. The molecule has 0 aliphatic carbocycles. The van der Waals surface area contributed by atoms with Crippen LogP contribution in [-0.2, 0) is 4.74 Å². The molecule has 1 fully saturated rings. The van der Waals surface area contributed by atoms with Crippen LogP contribution >= 0.6 is 0 Å². The Kier molecular flexibility index (Phi) is 4.83. The zero-order chi connectivity index (χ0) is 11.9. The highest BCUT2D eigenvalue weighted by atomic mass is 16.5. The molecular formula is C14H21NO2. The van der Waals surface area contributed by atoms with Crippen LogP contribution in [0.3, 0.4) is 0 Å². The lowest BCUT2D eigenvalue weighted by molar-refractivity contribution is 0.0367. The zero-order valence-electron chi connectivity index (χ0n) is 10.2. The van der Waals surface area contributed by atoms with Gasteiger partial charge in [0.05, 0.1) is 13.2 Å². The monoisotopic (exact) mass is 235 g/mol. The quantitative estimate of drug-likeness (QED) is 0.796. The van der Waals surface area contributed by atoms with Crippen LogP contribution in [0.1, 0.15) is 19.3 Å². The lowest BCUT2D eigenvalue weighted by Gasteiger charge is -2.28. The van der Waals surface area contributed by atoms with Crippen LogP contribution in [0.25, 0.3) is 0 Å². The maximum atomic E-state index is 6.05. The van der Waals surface area contributed by atoms with Gasteiger partial charge in [-0.3, -0.25) is 0 Å². The van der Waals surface area contributed by atoms with Gasteiger partial charge in [-0.1, -0.05) is 18.2 Å². The van der Waals surface area contributed by atoms with E-state index in [4.69, 9.17) is 15.2 Å². The molecule has 94 valence electrons. The second kappa shape index (κ2) is 6.62. The molecule has 1 aliphatic heterocycles. The third-order valence-corrected chi connectivity index (χ3v) is 3.26. The van der Waals surface area contributed by atoms with E-state index in [9.17, 15) is 0 Å². The molecule has 0 bridgehead atoms. The van der Waals surface area contributed by atoms with Crippen LogP contribution in [-0.4, -0.2) is 25.9 Å². The van der Waals surface area contributed by atoms with E-state index in [1.165, 1.54) is 0 Å². The van der Waals surface area contributed by atoms with E-state index in [0.29, 0.717) is 12.0 Å². The minimum Gasteiger partial charge on any atom is -0.494 e. The van der Waals surface area contributed by atoms with Gasteiger partial charge in [0.2, 0.25) is 0 Å². The summed E-state index contributed by atoms with van der Waals surface area (Å²) in [4.78, 5) is 0. The Labute approximate surface area is 103 Å². The van der Waals surface area contributed by atoms with E-state index in [1.54, 1.807) is 0 Å². The fourth-order valence-corrected chi connectivity index (χ4v) is 2.16. The van der Waals surface area contributed by atoms with E-state index in [1.807, 2.05) is 30.3 Å². The maximum absolute atomic E-state index is 6.05. The van der Waals surface area contributed by atoms with Crippen molar-refractivity contribution in [2.24, 2.45) is 11.7 Å². The summed E-state index contributed by atoms with van der Waals surface area (Å²) in [5.74, 6) is 1.44. The standard InChI is InChI=1S/C14H21NO2/c15-14-8-10-16-11-12(14)5-4-9-17-13-6-2-1-3-7-13/h1-3,6-7,12,14H,4-5,8-11,15H2. The van der Waals surface area contributed by atoms with Crippen molar-refractivity contribution in [2.45, 2.75) is 25.3 Å². The molecule has 0 saturated carbocycles. The van der Waals surface area contributed by atoms with Gasteiger partial charge < -0.3 is 15.2 Å². The Morgan fingerprint density at radius 3 is 2.88 bits per heavy atom. The first-order valence-electron chi connectivity index (χ1n) is 6.37. The summed E-state index contributed by atoms with van der Waals surface area (Å²) in [5, 5.41) is 0. The van der Waals surface area contributed by atoms with Crippen molar-refractivity contribution in [3.63, 3.8) is 0 Å². The predicted molar refractivity (Wildman–Crippen MR) is 68.1 cm³/mol. The summed E-state index contributed by atoms with van der Waals surface area (Å²) < 4.78 is 11.1. The van der Waals surface area contributed by atoms with Gasteiger partial charge in [-0.15, -0.1) is 0 Å². The molecular weight excluding hydrogens is 214 g/mol. The number of rotatable bonds is 5. The Hall–Kier alpha value is -1.06. The van der Waals surface area contributed by atoms with E-state index in [0.717, 1.165) is 44.8 Å². The number of ether oxygens (including phenoxy) is 2. The first kappa shape index (κ1) is 12.4. The van der Waals surface area contributed by atoms with E-state index >= 15 is 0 Å². The fraction of sp³-hybridized carbons (Fsp3) is 0.571. The SMILES string of the molecule is NC1CCOCC1CCCOc1ccccc1. The molecule has 1 aliphatic rings. The molecule has 2 rings (SSSR count). The summed E-state index contributed by atoms with van der Waals surface area (Å²) >= 11 is 0. The molecule has 2 atom stereocenters. The fourth-order valence-electron chi connectivity index (χ4n) is 2.16. The van der Waals surface area contributed by atoms with Crippen LogP contribution in [0.15, 0.2) is 30.3 Å². The van der Waals surface area contributed by atoms with Crippen LogP contribution < -0.4 is 10.5 Å². The van der Waals surface area contributed by atoms with Crippen LogP contribution in [0.2, 0.25) is 0 Å². The molecule has 17 heavy (non-hydrogen) atoms. The number of hydrogen-bond acceptors (Lipinski definition) is 3. The molecule has 2 N–H and O–H groups in total. The molecule has 2 unspecified atom stereocenters. The normalized spacial score (nSPS) is 24.5. The van der Waals surface area contributed by atoms with Crippen molar-refractivity contribution < 1.29 is 9.47 Å². The van der Waals surface area contributed by atoms with Gasteiger partial charge in [0.1, 0.15) is 5.75 Å². The van der Waals surface area contributed by atoms with E-state index in [-0.39, 0.29) is 0 Å². The van der Waals surface area contributed by atoms with Crippen LogP contribution in [0, 0.1) is 5.92 Å². The Balaban J connectivity index is 1.63. The number of benzene rings is 1. The van der Waals surface area contributed by atoms with Gasteiger partial charge in [-0.25, -0.2) is 0 Å². The van der Waals surface area contributed by atoms with E-state index in [2.05, 4.69) is 0 Å². The first-order valence-corrected chi connectivity index (χ1v) is 6.37. The summed E-state index contributed by atoms with van der Waals surface area (Å²) in [6.07, 6.45) is 3.12. The van der Waals surface area contributed by atoms with Crippen LogP contribution in [0.4, 0.5) is 0 Å². The molecule has 1 aromatic carbocycles. The summed E-state index contributed by atoms with van der Waals surface area (Å²) in [5.41, 5.74) is 6.05. The lowest BCUT2D eigenvalue weighted by atomic mass is 9.92. The van der Waals surface area contributed by atoms with Crippen molar-refractivity contribution in [2.75, 3.05) is 19.8 Å². The van der Waals surface area contributed by atoms with Crippen molar-refractivity contribution in [3.05, 3.63) is 30.3 Å². The molecule has 1 saturated heterocycles. The van der Waals surface area contributed by atoms with Crippen molar-refractivity contribution in [1.82, 2.24) is 0 Å². The highest BCUT2D eigenvalue weighted by Crippen LogP contribution is 2.18. The predicted octanol–water partition coefficient (Wildman–Crippen LogP) is 2.21. The Bertz CT molecular complexity index is 315. The second-order valence-electron chi connectivity index (χ2n) is 4.59. The molecule has 3 heteroatoms. The third-order valence-electron chi connectivity index (χ3n) is 3.26. The Morgan fingerprint density at radius 1 is 1.29 bits per heavy atom. The molecule has 0 aromatic heterocycles. The van der Waals surface area contributed by atoms with Gasteiger partial charge in [0.25, 0.3) is 0 Å². The van der Waals surface area contributed by atoms with Gasteiger partial charge in [-0.2, -0.15) is 0 Å². The minimum atomic E-state index is 0.306. The molecule has 3 nitrogen and oxygen atoms in total. The lowest BCUT2D eigenvalue weighted by Crippen LogP contribution is -2.38. The Morgan fingerprint density at radius 2 is 2.12 bits per heavy atom. The number of hydrogen-bond donors (Lipinski definition) is 1. The maximum Gasteiger partial charge on any atom is 0.119 e. The first-order chi connectivity index (χ1) is 8.36. The smallest absolute Gasteiger partial charge is 0.119 e. The van der Waals surface area contributed by atoms with Gasteiger partial charge in [0.15, 0.2) is 0 Å². The molecule has 1 heterocycles. The minimum absolute atomic E-state index is 0.306. The molecule has 0 spiro atoms. The summed E-state index contributed by atoms with van der Waals surface area (Å²) in [6.45, 7) is 2.39. The average Bonchev–Trinajstić information content (AvgIpc) is 2.38. The summed E-state index contributed by atoms with van der Waals surface area (Å²) in [7, 11) is 0. The van der Waals surface area contributed by atoms with Crippen molar-refractivity contribution in [1.29, 1.82) is 0 Å². The topological polar surface area (TPSA) is 44.5 Å². The highest BCUT2D eigenvalue weighted by molar-refractivity contribution is 5.20. The highest BCUT2D eigenvalue weighted by Gasteiger charge is 2.21. The summed E-state index contributed by atoms with van der Waals surface area (Å²) in [6, 6.07) is 10.2. The van der Waals surface area contributed by atoms with Gasteiger partial charge >= 0.3 is 0 Å². The molecule has 0 amide bonds. The number of nitrogens with two attached hydrogens (primary N) is 1. The largest absolute Gasteiger partial charge is 0.494 e.